The molecule has 1 atom stereocenters. The Morgan fingerprint density at radius 3 is 2.30 bits per heavy atom. The summed E-state index contributed by atoms with van der Waals surface area (Å²) in [5.74, 6) is 0. The monoisotopic (exact) mass is 287 g/mol. The minimum Gasteiger partial charge on any atom is -0.306 e. The van der Waals surface area contributed by atoms with Crippen LogP contribution in [-0.4, -0.2) is 6.54 Å². The van der Waals surface area contributed by atoms with Crippen molar-refractivity contribution in [3.05, 3.63) is 56.3 Å². The van der Waals surface area contributed by atoms with E-state index < -0.39 is 0 Å². The Morgan fingerprint density at radius 1 is 1.00 bits per heavy atom. The predicted molar refractivity (Wildman–Crippen MR) is 89.8 cm³/mol. The maximum absolute atomic E-state index is 3.71. The molecule has 0 aliphatic carbocycles. The van der Waals surface area contributed by atoms with E-state index in [-0.39, 0.29) is 0 Å². The van der Waals surface area contributed by atoms with Crippen molar-refractivity contribution >= 4 is 11.3 Å². The molecule has 1 nitrogen and oxygen atoms in total. The van der Waals surface area contributed by atoms with Gasteiger partial charge in [0.2, 0.25) is 0 Å². The van der Waals surface area contributed by atoms with Crippen molar-refractivity contribution in [1.82, 2.24) is 5.32 Å². The third-order valence-electron chi connectivity index (χ3n) is 3.80. The molecule has 1 N–H and O–H groups in total. The van der Waals surface area contributed by atoms with Crippen molar-refractivity contribution in [3.63, 3.8) is 0 Å². The van der Waals surface area contributed by atoms with Gasteiger partial charge in [0.05, 0.1) is 6.04 Å². The lowest BCUT2D eigenvalue weighted by atomic mass is 9.98. The Labute approximate surface area is 127 Å². The van der Waals surface area contributed by atoms with Crippen molar-refractivity contribution in [1.29, 1.82) is 0 Å². The highest BCUT2D eigenvalue weighted by Gasteiger charge is 2.18. The summed E-state index contributed by atoms with van der Waals surface area (Å²) >= 11 is 1.92. The van der Waals surface area contributed by atoms with Crippen LogP contribution in [0.5, 0.6) is 0 Å². The first kappa shape index (κ1) is 15.3. The fourth-order valence-corrected chi connectivity index (χ4v) is 3.68. The van der Waals surface area contributed by atoms with Crippen LogP contribution in [0.1, 0.15) is 51.4 Å². The van der Waals surface area contributed by atoms with Gasteiger partial charge in [0.1, 0.15) is 0 Å². The summed E-state index contributed by atoms with van der Waals surface area (Å²) in [6, 6.07) is 9.46. The van der Waals surface area contributed by atoms with Gasteiger partial charge in [-0.3, -0.25) is 0 Å². The van der Waals surface area contributed by atoms with Crippen LogP contribution >= 0.6 is 11.3 Å². The van der Waals surface area contributed by atoms with Crippen LogP contribution < -0.4 is 5.32 Å². The Hall–Kier alpha value is -1.12. The molecule has 1 aromatic carbocycles. The second-order valence-electron chi connectivity index (χ2n) is 5.64. The number of thiophene rings is 1. The largest absolute Gasteiger partial charge is 0.306 e. The molecular formula is C18H25NS. The molecule has 0 aliphatic rings. The minimum atomic E-state index is 0.327. The molecule has 1 heterocycles. The van der Waals surface area contributed by atoms with Gasteiger partial charge in [-0.25, -0.2) is 0 Å². The maximum atomic E-state index is 3.71. The number of hydrogen-bond donors (Lipinski definition) is 1. The van der Waals surface area contributed by atoms with Crippen molar-refractivity contribution in [2.24, 2.45) is 0 Å². The number of nitrogens with one attached hydrogen (secondary N) is 1. The van der Waals surface area contributed by atoms with Crippen LogP contribution in [0.25, 0.3) is 0 Å². The van der Waals surface area contributed by atoms with E-state index in [0.717, 1.165) is 13.0 Å². The number of aryl methyl sites for hydroxylation is 4. The average molecular weight is 287 g/mol. The van der Waals surface area contributed by atoms with E-state index in [4.69, 9.17) is 0 Å². The molecule has 2 heteroatoms. The Balaban J connectivity index is 2.41. The number of rotatable bonds is 5. The lowest BCUT2D eigenvalue weighted by Crippen LogP contribution is -2.23. The molecule has 0 spiro atoms. The molecule has 1 unspecified atom stereocenters. The molecule has 0 radical (unpaired) electrons. The first-order chi connectivity index (χ1) is 9.52. The van der Waals surface area contributed by atoms with Crippen molar-refractivity contribution in [2.75, 3.05) is 6.54 Å². The van der Waals surface area contributed by atoms with E-state index in [0.29, 0.717) is 6.04 Å². The topological polar surface area (TPSA) is 12.0 Å². The van der Waals surface area contributed by atoms with E-state index in [2.05, 4.69) is 64.2 Å². The maximum Gasteiger partial charge on any atom is 0.0673 e. The first-order valence-electron chi connectivity index (χ1n) is 7.40. The Bertz CT molecular complexity index is 583. The fraction of sp³-hybridized carbons (Fsp3) is 0.444. The van der Waals surface area contributed by atoms with Crippen LogP contribution in [0.2, 0.25) is 0 Å². The van der Waals surface area contributed by atoms with Crippen LogP contribution in [0, 0.1) is 27.7 Å². The van der Waals surface area contributed by atoms with E-state index in [1.807, 2.05) is 11.3 Å². The molecule has 108 valence electrons. The van der Waals surface area contributed by atoms with Gasteiger partial charge < -0.3 is 5.32 Å². The van der Waals surface area contributed by atoms with Crippen LogP contribution in [0.4, 0.5) is 0 Å². The molecule has 2 rings (SSSR count). The molecular weight excluding hydrogens is 262 g/mol. The summed E-state index contributed by atoms with van der Waals surface area (Å²) in [7, 11) is 0. The zero-order chi connectivity index (χ0) is 14.7. The molecule has 0 amide bonds. The highest BCUT2D eigenvalue weighted by atomic mass is 32.1. The van der Waals surface area contributed by atoms with Gasteiger partial charge in [0.15, 0.2) is 0 Å². The summed E-state index contributed by atoms with van der Waals surface area (Å²) in [5, 5.41) is 3.71. The zero-order valence-electron chi connectivity index (χ0n) is 13.2. The molecule has 20 heavy (non-hydrogen) atoms. The molecule has 1 aromatic heterocycles. The lowest BCUT2D eigenvalue weighted by Gasteiger charge is -2.20. The molecule has 0 saturated carbocycles. The summed E-state index contributed by atoms with van der Waals surface area (Å²) in [4.78, 5) is 2.85. The summed E-state index contributed by atoms with van der Waals surface area (Å²) in [6.07, 6.45) is 1.16. The fourth-order valence-electron chi connectivity index (χ4n) is 2.54. The van der Waals surface area contributed by atoms with Gasteiger partial charge in [-0.1, -0.05) is 25.1 Å². The van der Waals surface area contributed by atoms with Gasteiger partial charge in [-0.15, -0.1) is 11.3 Å². The highest BCUT2D eigenvalue weighted by Crippen LogP contribution is 2.32. The molecule has 2 aromatic rings. The summed E-state index contributed by atoms with van der Waals surface area (Å²) in [5.41, 5.74) is 5.52. The lowest BCUT2D eigenvalue weighted by molar-refractivity contribution is 0.603. The molecule has 0 fully saturated rings. The van der Waals surface area contributed by atoms with Crippen molar-refractivity contribution < 1.29 is 0 Å². The predicted octanol–water partition coefficient (Wildman–Crippen LogP) is 5.07. The highest BCUT2D eigenvalue weighted by molar-refractivity contribution is 7.12. The van der Waals surface area contributed by atoms with Crippen molar-refractivity contribution in [3.8, 4) is 0 Å². The van der Waals surface area contributed by atoms with Gasteiger partial charge in [-0.05, 0) is 69.0 Å². The second-order valence-corrected chi connectivity index (χ2v) is 6.92. The van der Waals surface area contributed by atoms with E-state index >= 15 is 0 Å². The quantitative estimate of drug-likeness (QED) is 0.809. The van der Waals surface area contributed by atoms with Gasteiger partial charge in [0, 0.05) is 9.75 Å². The van der Waals surface area contributed by atoms with Gasteiger partial charge >= 0.3 is 0 Å². The van der Waals surface area contributed by atoms with Crippen LogP contribution in [0.3, 0.4) is 0 Å². The molecule has 0 saturated heterocycles. The van der Waals surface area contributed by atoms with E-state index in [1.165, 1.54) is 32.0 Å². The van der Waals surface area contributed by atoms with Crippen LogP contribution in [0.15, 0.2) is 24.3 Å². The molecule has 0 bridgehead atoms. The van der Waals surface area contributed by atoms with Crippen LogP contribution in [-0.2, 0) is 0 Å². The van der Waals surface area contributed by atoms with E-state index in [1.54, 1.807) is 0 Å². The minimum absolute atomic E-state index is 0.327. The first-order valence-corrected chi connectivity index (χ1v) is 8.22. The molecule has 0 aliphatic heterocycles. The van der Waals surface area contributed by atoms with E-state index in [9.17, 15) is 0 Å². The third-order valence-corrected chi connectivity index (χ3v) is 5.02. The Kier molecular flexibility index (Phi) is 5.00. The normalized spacial score (nSPS) is 12.7. The SMILES string of the molecule is CCCNC(c1ccc(C)c(C)c1)c1sc(C)cc1C. The smallest absolute Gasteiger partial charge is 0.0673 e. The summed E-state index contributed by atoms with van der Waals surface area (Å²) in [6.45, 7) is 12.1. The third kappa shape index (κ3) is 3.31. The number of benzene rings is 1. The average Bonchev–Trinajstić information content (AvgIpc) is 2.73. The standard InChI is InChI=1S/C18H25NS/c1-6-9-19-17(18-14(4)10-15(5)20-18)16-8-7-12(2)13(3)11-16/h7-8,10-11,17,19H,6,9H2,1-5H3. The second kappa shape index (κ2) is 6.55. The Morgan fingerprint density at radius 2 is 1.75 bits per heavy atom. The van der Waals surface area contributed by atoms with Crippen molar-refractivity contribution in [2.45, 2.75) is 47.1 Å². The zero-order valence-corrected chi connectivity index (χ0v) is 14.0. The summed E-state index contributed by atoms with van der Waals surface area (Å²) < 4.78 is 0. The number of hydrogen-bond acceptors (Lipinski definition) is 2. The van der Waals surface area contributed by atoms with Gasteiger partial charge in [0.25, 0.3) is 0 Å². The van der Waals surface area contributed by atoms with Gasteiger partial charge in [-0.2, -0.15) is 0 Å².